The quantitative estimate of drug-likeness (QED) is 0.731. The Balaban J connectivity index is 2.14. The van der Waals surface area contributed by atoms with E-state index < -0.39 is 0 Å². The molecule has 1 heterocycles. The van der Waals surface area contributed by atoms with Crippen molar-refractivity contribution in [2.45, 2.75) is 0 Å². The van der Waals surface area contributed by atoms with Crippen molar-refractivity contribution in [3.63, 3.8) is 0 Å². The third kappa shape index (κ3) is 3.41. The fourth-order valence-electron chi connectivity index (χ4n) is 2.44. The van der Waals surface area contributed by atoms with Gasteiger partial charge in [-0.15, -0.1) is 0 Å². The third-order valence-electron chi connectivity index (χ3n) is 3.68. The van der Waals surface area contributed by atoms with Gasteiger partial charge in [-0.05, 0) is 42.5 Å². The summed E-state index contributed by atoms with van der Waals surface area (Å²) < 4.78 is 16.2. The van der Waals surface area contributed by atoms with Crippen LogP contribution < -0.4 is 10.1 Å². The van der Waals surface area contributed by atoms with E-state index in [-0.39, 0.29) is 5.75 Å². The Hall–Kier alpha value is -2.79. The standard InChI is InChI=1S/C19H19NO4/c1-22-10-9-20-17-12-19(13-3-6-15(23-2)7-4-13)24-18-8-5-14(21)11-16(17)18/h3-8,11-12,21H,9-10H2,1-2H3. The number of hydrogen-bond acceptors (Lipinski definition) is 5. The van der Waals surface area contributed by atoms with Crippen molar-refractivity contribution in [3.8, 4) is 22.8 Å². The molecule has 0 aliphatic heterocycles. The summed E-state index contributed by atoms with van der Waals surface area (Å²) in [6.45, 7) is 1.07. The van der Waals surface area contributed by atoms with E-state index in [1.54, 1.807) is 32.4 Å². The van der Waals surface area contributed by atoms with E-state index in [0.717, 1.165) is 22.1 Å². The van der Waals surface area contributed by atoms with Crippen LogP contribution in [0, 0.1) is 0 Å². The van der Waals surface area contributed by atoms with Crippen LogP contribution in [0.1, 0.15) is 0 Å². The second-order valence-corrected chi connectivity index (χ2v) is 5.28. The minimum atomic E-state index is 0.179. The topological polar surface area (TPSA) is 64.2 Å². The molecule has 0 amide bonds. The summed E-state index contributed by atoms with van der Waals surface area (Å²) in [6.07, 6.45) is 0. The van der Waals surface area contributed by atoms with Gasteiger partial charge in [0.2, 0.25) is 0 Å². The normalized spacial score (nSPS) is 11.8. The van der Waals surface area contributed by atoms with Crippen LogP contribution in [0.3, 0.4) is 0 Å². The number of rotatable bonds is 5. The molecule has 5 heteroatoms. The molecule has 0 unspecified atom stereocenters. The highest BCUT2D eigenvalue weighted by molar-refractivity contribution is 5.80. The van der Waals surface area contributed by atoms with Crippen molar-refractivity contribution < 1.29 is 19.0 Å². The molecular formula is C19H19NO4. The van der Waals surface area contributed by atoms with Crippen LogP contribution in [0.2, 0.25) is 0 Å². The fourth-order valence-corrected chi connectivity index (χ4v) is 2.44. The van der Waals surface area contributed by atoms with Crippen LogP contribution >= 0.6 is 0 Å². The summed E-state index contributed by atoms with van der Waals surface area (Å²) in [5.74, 6) is 1.67. The van der Waals surface area contributed by atoms with Gasteiger partial charge in [-0.2, -0.15) is 0 Å². The highest BCUT2D eigenvalue weighted by atomic mass is 16.5. The van der Waals surface area contributed by atoms with Gasteiger partial charge >= 0.3 is 0 Å². The summed E-state index contributed by atoms with van der Waals surface area (Å²) in [4.78, 5) is 4.56. The summed E-state index contributed by atoms with van der Waals surface area (Å²) in [7, 11) is 3.28. The van der Waals surface area contributed by atoms with Crippen LogP contribution in [0.25, 0.3) is 22.3 Å². The smallest absolute Gasteiger partial charge is 0.137 e. The van der Waals surface area contributed by atoms with Crippen molar-refractivity contribution in [2.75, 3.05) is 27.4 Å². The van der Waals surface area contributed by atoms with Gasteiger partial charge in [0.1, 0.15) is 22.8 Å². The lowest BCUT2D eigenvalue weighted by molar-refractivity contribution is 0.207. The van der Waals surface area contributed by atoms with Gasteiger partial charge in [-0.1, -0.05) is 0 Å². The monoisotopic (exact) mass is 325 g/mol. The van der Waals surface area contributed by atoms with E-state index in [4.69, 9.17) is 13.9 Å². The van der Waals surface area contributed by atoms with Crippen molar-refractivity contribution >= 4 is 11.0 Å². The van der Waals surface area contributed by atoms with Crippen LogP contribution in [-0.2, 0) is 4.74 Å². The average Bonchev–Trinajstić information content (AvgIpc) is 2.62. The highest BCUT2D eigenvalue weighted by Crippen LogP contribution is 2.25. The first-order chi connectivity index (χ1) is 11.7. The number of methoxy groups -OCH3 is 2. The predicted octanol–water partition coefficient (Wildman–Crippen LogP) is 3.36. The zero-order valence-electron chi connectivity index (χ0n) is 13.7. The molecule has 2 aromatic carbocycles. The average molecular weight is 325 g/mol. The van der Waals surface area contributed by atoms with Gasteiger partial charge in [-0.3, -0.25) is 4.99 Å². The number of hydrogen-bond donors (Lipinski definition) is 1. The van der Waals surface area contributed by atoms with Crippen molar-refractivity contribution in [2.24, 2.45) is 4.99 Å². The van der Waals surface area contributed by atoms with Crippen LogP contribution in [0.4, 0.5) is 0 Å². The summed E-state index contributed by atoms with van der Waals surface area (Å²) in [6, 6.07) is 14.5. The number of phenols is 1. The minimum Gasteiger partial charge on any atom is -0.508 e. The van der Waals surface area contributed by atoms with Crippen molar-refractivity contribution in [1.29, 1.82) is 0 Å². The molecule has 0 atom stereocenters. The molecule has 0 bridgehead atoms. The minimum absolute atomic E-state index is 0.179. The first kappa shape index (κ1) is 16.1. The Morgan fingerprint density at radius 1 is 1.04 bits per heavy atom. The molecule has 0 aliphatic rings. The molecule has 0 radical (unpaired) electrons. The molecule has 0 saturated carbocycles. The summed E-state index contributed by atoms with van der Waals surface area (Å²) >= 11 is 0. The van der Waals surface area contributed by atoms with Gasteiger partial charge in [-0.25, -0.2) is 0 Å². The summed E-state index contributed by atoms with van der Waals surface area (Å²) in [5, 5.41) is 11.3. The molecule has 0 saturated heterocycles. The fraction of sp³-hybridized carbons (Fsp3) is 0.211. The lowest BCUT2D eigenvalue weighted by Gasteiger charge is -2.06. The van der Waals surface area contributed by atoms with E-state index in [9.17, 15) is 5.11 Å². The Bertz CT molecular complexity index is 897. The Morgan fingerprint density at radius 3 is 2.54 bits per heavy atom. The zero-order chi connectivity index (χ0) is 16.9. The van der Waals surface area contributed by atoms with Crippen molar-refractivity contribution in [1.82, 2.24) is 0 Å². The van der Waals surface area contributed by atoms with E-state index in [2.05, 4.69) is 4.99 Å². The second kappa shape index (κ2) is 7.19. The maximum Gasteiger partial charge on any atom is 0.137 e. The number of nitrogens with zero attached hydrogens (tertiary/aromatic N) is 1. The van der Waals surface area contributed by atoms with Crippen LogP contribution in [-0.4, -0.2) is 32.5 Å². The second-order valence-electron chi connectivity index (χ2n) is 5.28. The Kier molecular flexibility index (Phi) is 4.82. The molecule has 1 N–H and O–H groups in total. The molecule has 0 spiro atoms. The molecule has 1 aromatic heterocycles. The summed E-state index contributed by atoms with van der Waals surface area (Å²) in [5.41, 5.74) is 1.59. The first-order valence-corrected chi connectivity index (χ1v) is 7.62. The molecule has 0 fully saturated rings. The first-order valence-electron chi connectivity index (χ1n) is 7.62. The van der Waals surface area contributed by atoms with Gasteiger partial charge in [0.05, 0.1) is 25.6 Å². The number of aromatic hydroxyl groups is 1. The SMILES string of the molecule is COCCN=c1cc(-c2ccc(OC)cc2)oc2ccc(O)cc12. The molecule has 3 aromatic rings. The maximum absolute atomic E-state index is 9.75. The van der Waals surface area contributed by atoms with Crippen molar-refractivity contribution in [3.05, 3.63) is 53.9 Å². The van der Waals surface area contributed by atoms with Crippen LogP contribution in [0.15, 0.2) is 57.9 Å². The lowest BCUT2D eigenvalue weighted by Crippen LogP contribution is -2.07. The van der Waals surface area contributed by atoms with E-state index in [1.807, 2.05) is 30.3 Å². The van der Waals surface area contributed by atoms with E-state index >= 15 is 0 Å². The maximum atomic E-state index is 9.75. The van der Waals surface area contributed by atoms with Crippen LogP contribution in [0.5, 0.6) is 11.5 Å². The number of phenolic OH excluding ortho intramolecular Hbond substituents is 1. The molecular weight excluding hydrogens is 306 g/mol. The third-order valence-corrected chi connectivity index (χ3v) is 3.68. The lowest BCUT2D eigenvalue weighted by atomic mass is 10.1. The number of ether oxygens (including phenoxy) is 2. The van der Waals surface area contributed by atoms with Gasteiger partial charge in [0.25, 0.3) is 0 Å². The zero-order valence-corrected chi connectivity index (χ0v) is 13.7. The highest BCUT2D eigenvalue weighted by Gasteiger charge is 2.07. The molecule has 124 valence electrons. The molecule has 5 nitrogen and oxygen atoms in total. The van der Waals surface area contributed by atoms with Gasteiger partial charge in [0.15, 0.2) is 0 Å². The van der Waals surface area contributed by atoms with Gasteiger partial charge in [0, 0.05) is 24.1 Å². The van der Waals surface area contributed by atoms with E-state index in [1.165, 1.54) is 0 Å². The molecule has 3 rings (SSSR count). The Morgan fingerprint density at radius 2 is 1.83 bits per heavy atom. The predicted molar refractivity (Wildman–Crippen MR) is 92.2 cm³/mol. The molecule has 24 heavy (non-hydrogen) atoms. The van der Waals surface area contributed by atoms with Gasteiger partial charge < -0.3 is 19.0 Å². The molecule has 0 aliphatic carbocycles. The van der Waals surface area contributed by atoms with E-state index in [0.29, 0.717) is 24.5 Å². The number of benzene rings is 2. The largest absolute Gasteiger partial charge is 0.508 e. The number of fused-ring (bicyclic) bond motifs is 1. The Labute approximate surface area is 139 Å².